The second-order valence-corrected chi connectivity index (χ2v) is 7.95. The third kappa shape index (κ3) is 2.86. The molecule has 0 bridgehead atoms. The molecule has 8 nitrogen and oxygen atoms in total. The molecule has 3 heterocycles. The van der Waals surface area contributed by atoms with E-state index in [0.29, 0.717) is 41.3 Å². The minimum atomic E-state index is -0.175. The van der Waals surface area contributed by atoms with Gasteiger partial charge in [-0.3, -0.25) is 4.90 Å². The molecule has 0 radical (unpaired) electrons. The molecule has 0 saturated heterocycles. The number of aliphatic hydroxyl groups excluding tert-OH is 2. The highest BCUT2D eigenvalue weighted by Gasteiger charge is 2.40. The van der Waals surface area contributed by atoms with Crippen LogP contribution in [0.4, 0.5) is 0 Å². The van der Waals surface area contributed by atoms with Crippen LogP contribution in [0, 0.1) is 0 Å². The van der Waals surface area contributed by atoms with Gasteiger partial charge in [-0.05, 0) is 35.6 Å². The Hall–Kier alpha value is -2.68. The van der Waals surface area contributed by atoms with Crippen LogP contribution in [-0.4, -0.2) is 49.8 Å². The predicted octanol–water partition coefficient (Wildman–Crippen LogP) is 2.08. The van der Waals surface area contributed by atoms with E-state index in [4.69, 9.17) is 23.7 Å². The van der Waals surface area contributed by atoms with Crippen molar-refractivity contribution in [2.45, 2.75) is 38.6 Å². The lowest BCUT2D eigenvalue weighted by atomic mass is 9.80. The highest BCUT2D eigenvalue weighted by molar-refractivity contribution is 5.64. The van der Waals surface area contributed by atoms with E-state index in [1.54, 1.807) is 21.3 Å². The average molecular weight is 429 g/mol. The first kappa shape index (κ1) is 20.2. The Morgan fingerprint density at radius 1 is 0.968 bits per heavy atom. The summed E-state index contributed by atoms with van der Waals surface area (Å²) in [6.07, 6.45) is 1.52. The number of rotatable bonds is 5. The quantitative estimate of drug-likeness (QED) is 0.747. The van der Waals surface area contributed by atoms with Crippen molar-refractivity contribution in [2.24, 2.45) is 0 Å². The molecular weight excluding hydrogens is 402 g/mol. The Morgan fingerprint density at radius 2 is 1.65 bits per heavy atom. The minimum absolute atomic E-state index is 0.0515. The highest BCUT2D eigenvalue weighted by atomic mass is 16.7. The van der Waals surface area contributed by atoms with E-state index in [-0.39, 0.29) is 26.0 Å². The highest BCUT2D eigenvalue weighted by Crippen LogP contribution is 2.53. The molecule has 0 fully saturated rings. The molecule has 3 aliphatic rings. The Balaban J connectivity index is 1.69. The van der Waals surface area contributed by atoms with Gasteiger partial charge in [-0.25, -0.2) is 0 Å². The molecule has 0 aliphatic carbocycles. The largest absolute Gasteiger partial charge is 0.492 e. The molecule has 3 aliphatic heterocycles. The lowest BCUT2D eigenvalue weighted by Crippen LogP contribution is -2.40. The molecule has 0 spiro atoms. The van der Waals surface area contributed by atoms with Gasteiger partial charge in [-0.15, -0.1) is 0 Å². The zero-order chi connectivity index (χ0) is 21.7. The molecule has 2 N–H and O–H groups in total. The van der Waals surface area contributed by atoms with Crippen LogP contribution in [0.15, 0.2) is 6.07 Å². The lowest BCUT2D eigenvalue weighted by Gasteiger charge is -2.43. The van der Waals surface area contributed by atoms with Gasteiger partial charge in [-0.2, -0.15) is 0 Å². The molecule has 31 heavy (non-hydrogen) atoms. The van der Waals surface area contributed by atoms with Crippen LogP contribution in [0.1, 0.15) is 39.4 Å². The Kier molecular flexibility index (Phi) is 5.08. The van der Waals surface area contributed by atoms with Gasteiger partial charge in [0.25, 0.3) is 0 Å². The van der Waals surface area contributed by atoms with Crippen LogP contribution in [-0.2, 0) is 32.6 Å². The summed E-state index contributed by atoms with van der Waals surface area (Å²) < 4.78 is 28.3. The van der Waals surface area contributed by atoms with Gasteiger partial charge in [0, 0.05) is 35.8 Å². The number of hydrogen-bond donors (Lipinski definition) is 2. The second-order valence-electron chi connectivity index (χ2n) is 7.95. The molecule has 2 aromatic rings. The summed E-state index contributed by atoms with van der Waals surface area (Å²) in [4.78, 5) is 2.39. The zero-order valence-corrected chi connectivity index (χ0v) is 18.0. The second kappa shape index (κ2) is 7.78. The van der Waals surface area contributed by atoms with E-state index >= 15 is 0 Å². The molecule has 0 saturated carbocycles. The average Bonchev–Trinajstić information content (AvgIpc) is 3.27. The van der Waals surface area contributed by atoms with Crippen molar-refractivity contribution in [2.75, 3.05) is 34.7 Å². The number of hydrogen-bond acceptors (Lipinski definition) is 8. The van der Waals surface area contributed by atoms with E-state index in [9.17, 15) is 10.2 Å². The first-order valence-electron chi connectivity index (χ1n) is 10.4. The van der Waals surface area contributed by atoms with Crippen LogP contribution in [0.5, 0.6) is 28.7 Å². The Morgan fingerprint density at radius 3 is 2.29 bits per heavy atom. The summed E-state index contributed by atoms with van der Waals surface area (Å²) in [6, 6.07) is 2.11. The van der Waals surface area contributed by atoms with Crippen LogP contribution < -0.4 is 23.7 Å². The van der Waals surface area contributed by atoms with Crippen molar-refractivity contribution in [3.8, 4) is 28.7 Å². The lowest BCUT2D eigenvalue weighted by molar-refractivity contribution is 0.150. The van der Waals surface area contributed by atoms with Gasteiger partial charge >= 0.3 is 0 Å². The van der Waals surface area contributed by atoms with E-state index < -0.39 is 0 Å². The van der Waals surface area contributed by atoms with E-state index in [2.05, 4.69) is 11.0 Å². The van der Waals surface area contributed by atoms with Gasteiger partial charge in [-0.1, -0.05) is 0 Å². The van der Waals surface area contributed by atoms with Crippen LogP contribution in [0.2, 0.25) is 0 Å². The van der Waals surface area contributed by atoms with Crippen molar-refractivity contribution >= 4 is 0 Å². The predicted molar refractivity (Wildman–Crippen MR) is 111 cm³/mol. The normalized spacial score (nSPS) is 18.8. The van der Waals surface area contributed by atoms with Gasteiger partial charge in [0.15, 0.2) is 23.0 Å². The first-order chi connectivity index (χ1) is 15.2. The summed E-state index contributed by atoms with van der Waals surface area (Å²) in [5, 5.41) is 20.4. The van der Waals surface area contributed by atoms with Crippen LogP contribution in [0.25, 0.3) is 0 Å². The number of fused-ring (bicyclic) bond motifs is 5. The monoisotopic (exact) mass is 429 g/mol. The number of aliphatic hydroxyl groups is 2. The summed E-state index contributed by atoms with van der Waals surface area (Å²) in [5.41, 5.74) is 5.72. The molecular formula is C23H27NO7. The van der Waals surface area contributed by atoms with E-state index in [1.807, 2.05) is 0 Å². The summed E-state index contributed by atoms with van der Waals surface area (Å²) in [6.45, 7) is 1.36. The number of benzene rings is 2. The third-order valence-electron chi connectivity index (χ3n) is 6.72. The topological polar surface area (TPSA) is 89.9 Å². The SMILES string of the molecule is COc1c(CO)c2c(c(CO)c1OC)CN1CCc3cc4c(c(OC)c3[C@@H]1C2)OCO4. The molecule has 8 heteroatoms. The smallest absolute Gasteiger partial charge is 0.231 e. The molecule has 0 aromatic heterocycles. The van der Waals surface area contributed by atoms with E-state index in [1.165, 1.54) is 5.56 Å². The van der Waals surface area contributed by atoms with Crippen molar-refractivity contribution in [1.29, 1.82) is 0 Å². The van der Waals surface area contributed by atoms with Gasteiger partial charge in [0.05, 0.1) is 34.5 Å². The van der Waals surface area contributed by atoms with Crippen LogP contribution >= 0.6 is 0 Å². The Bertz CT molecular complexity index is 1040. The standard InChI is InChI=1S/C23H27NO7/c1-27-20-15(9-25)13-7-17-19-12(6-18-22(23(19)29-3)31-11-30-18)4-5-24(17)8-14(13)16(10-26)21(20)28-2/h6,17,25-26H,4-5,7-11H2,1-3H3/t17-/m0/s1. The maximum atomic E-state index is 10.2. The maximum absolute atomic E-state index is 10.2. The molecule has 0 unspecified atom stereocenters. The fraction of sp³-hybridized carbons (Fsp3) is 0.478. The number of nitrogens with zero attached hydrogens (tertiary/aromatic N) is 1. The summed E-state index contributed by atoms with van der Waals surface area (Å²) >= 11 is 0. The first-order valence-corrected chi connectivity index (χ1v) is 10.4. The fourth-order valence-electron chi connectivity index (χ4n) is 5.39. The van der Waals surface area contributed by atoms with Crippen molar-refractivity contribution in [1.82, 2.24) is 4.90 Å². The van der Waals surface area contributed by atoms with Crippen molar-refractivity contribution < 1.29 is 33.9 Å². The van der Waals surface area contributed by atoms with Gasteiger partial charge in [0.1, 0.15) is 0 Å². The number of methoxy groups -OCH3 is 3. The summed E-state index contributed by atoms with van der Waals surface area (Å²) in [5.74, 6) is 3.07. The van der Waals surface area contributed by atoms with Crippen LogP contribution in [0.3, 0.4) is 0 Å². The number of ether oxygens (including phenoxy) is 5. The maximum Gasteiger partial charge on any atom is 0.231 e. The fourth-order valence-corrected chi connectivity index (χ4v) is 5.39. The molecule has 5 rings (SSSR count). The molecule has 1 atom stereocenters. The molecule has 2 aromatic carbocycles. The zero-order valence-electron chi connectivity index (χ0n) is 18.0. The van der Waals surface area contributed by atoms with E-state index in [0.717, 1.165) is 41.2 Å². The minimum Gasteiger partial charge on any atom is -0.492 e. The summed E-state index contributed by atoms with van der Waals surface area (Å²) in [7, 11) is 4.77. The third-order valence-corrected chi connectivity index (χ3v) is 6.72. The molecule has 166 valence electrons. The molecule has 0 amide bonds. The van der Waals surface area contributed by atoms with Crippen molar-refractivity contribution in [3.05, 3.63) is 39.4 Å². The van der Waals surface area contributed by atoms with Crippen molar-refractivity contribution in [3.63, 3.8) is 0 Å². The Labute approximate surface area is 180 Å². The van der Waals surface area contributed by atoms with Gasteiger partial charge < -0.3 is 33.9 Å². The van der Waals surface area contributed by atoms with Gasteiger partial charge in [0.2, 0.25) is 12.5 Å².